The number of amides is 1. The first-order valence-corrected chi connectivity index (χ1v) is 12.2. The molecule has 1 fully saturated rings. The number of nitrogens with one attached hydrogen (secondary N) is 1. The highest BCUT2D eigenvalue weighted by atomic mass is 35.5. The van der Waals surface area contributed by atoms with Crippen LogP contribution < -0.4 is 5.32 Å². The molecular weight excluding hydrogens is 477 g/mol. The molecule has 0 radical (unpaired) electrons. The van der Waals surface area contributed by atoms with E-state index < -0.39 is 0 Å². The summed E-state index contributed by atoms with van der Waals surface area (Å²) in [4.78, 5) is 19.7. The number of pyridine rings is 1. The molecule has 1 aliphatic rings. The molecule has 0 bridgehead atoms. The van der Waals surface area contributed by atoms with Crippen molar-refractivity contribution >= 4 is 46.4 Å². The summed E-state index contributed by atoms with van der Waals surface area (Å²) < 4.78 is 0. The van der Waals surface area contributed by atoms with Crippen LogP contribution in [0.25, 0.3) is 0 Å². The Morgan fingerprint density at radius 3 is 2.36 bits per heavy atom. The fourth-order valence-electron chi connectivity index (χ4n) is 4.02. The summed E-state index contributed by atoms with van der Waals surface area (Å²) in [6.45, 7) is 0.973. The molecule has 4 nitrogen and oxygen atoms in total. The maximum Gasteiger partial charge on any atom is 0.274 e. The van der Waals surface area contributed by atoms with Crippen LogP contribution >= 0.6 is 34.8 Å². The molecule has 1 amide bonds. The predicted octanol–water partition coefficient (Wildman–Crippen LogP) is 7.24. The highest BCUT2D eigenvalue weighted by Gasteiger charge is 2.22. The fraction of sp³-hybridized carbons (Fsp3) is 0.308. The molecule has 0 unspecified atom stereocenters. The van der Waals surface area contributed by atoms with Crippen molar-refractivity contribution in [3.8, 4) is 0 Å². The third-order valence-corrected chi connectivity index (χ3v) is 7.15. The van der Waals surface area contributed by atoms with Crippen LogP contribution in [0.3, 0.4) is 0 Å². The first kappa shape index (κ1) is 23.9. The summed E-state index contributed by atoms with van der Waals surface area (Å²) in [6, 6.07) is 17.6. The summed E-state index contributed by atoms with van der Waals surface area (Å²) in [5, 5.41) is 4.35. The Labute approximate surface area is 209 Å². The van der Waals surface area contributed by atoms with E-state index in [1.54, 1.807) is 30.1 Å². The molecule has 2 aromatic carbocycles. The average Bonchev–Trinajstić information content (AvgIpc) is 2.78. The van der Waals surface area contributed by atoms with Crippen LogP contribution in [0.1, 0.15) is 52.4 Å². The van der Waals surface area contributed by atoms with Gasteiger partial charge >= 0.3 is 0 Å². The normalized spacial score (nSPS) is 13.5. The van der Waals surface area contributed by atoms with Gasteiger partial charge in [0.15, 0.2) is 5.69 Å². The molecule has 0 spiro atoms. The number of carbonyl (C=O) groups excluding carboxylic acids is 1. The summed E-state index contributed by atoms with van der Waals surface area (Å²) in [7, 11) is 1.76. The zero-order valence-electron chi connectivity index (χ0n) is 18.5. The lowest BCUT2D eigenvalue weighted by Crippen LogP contribution is -2.33. The van der Waals surface area contributed by atoms with Gasteiger partial charge in [-0.15, -0.1) is 0 Å². The second-order valence-electron chi connectivity index (χ2n) is 8.37. The molecule has 1 heterocycles. The van der Waals surface area contributed by atoms with Gasteiger partial charge in [-0.2, -0.15) is 0 Å². The van der Waals surface area contributed by atoms with E-state index in [-0.39, 0.29) is 11.1 Å². The second kappa shape index (κ2) is 10.8. The minimum absolute atomic E-state index is 0.176. The number of anilines is 1. The summed E-state index contributed by atoms with van der Waals surface area (Å²) in [5.41, 5.74) is 4.42. The molecule has 4 rings (SSSR count). The van der Waals surface area contributed by atoms with E-state index in [1.165, 1.54) is 24.8 Å². The Balaban J connectivity index is 1.57. The molecular formula is C26H26Cl3N3O. The Kier molecular flexibility index (Phi) is 7.79. The molecule has 0 aliphatic heterocycles. The number of aromatic nitrogens is 1. The van der Waals surface area contributed by atoms with Gasteiger partial charge < -0.3 is 10.2 Å². The van der Waals surface area contributed by atoms with Crippen LogP contribution in [0, 0.1) is 0 Å². The standard InChI is InChI=1S/C26H26Cl3N3O/c1-30-23-11-12-24(29)31-25(23)26(33)32(14-13-17-7-10-21(27)22(28)15-17)16-18-5-8-20(9-6-18)19-3-2-4-19/h5-12,15,19,30H,2-4,13-14,16H2,1H3. The number of rotatable bonds is 8. The Bertz CT molecular complexity index is 1130. The molecule has 1 aliphatic carbocycles. The van der Waals surface area contributed by atoms with Crippen molar-refractivity contribution in [2.45, 2.75) is 38.1 Å². The molecule has 7 heteroatoms. The zero-order valence-corrected chi connectivity index (χ0v) is 20.7. The average molecular weight is 503 g/mol. The Hall–Kier alpha value is -2.27. The first-order valence-electron chi connectivity index (χ1n) is 11.1. The van der Waals surface area contributed by atoms with E-state index in [0.29, 0.717) is 46.9 Å². The van der Waals surface area contributed by atoms with Crippen molar-refractivity contribution in [2.24, 2.45) is 0 Å². The van der Waals surface area contributed by atoms with E-state index >= 15 is 0 Å². The van der Waals surface area contributed by atoms with Crippen molar-refractivity contribution < 1.29 is 4.79 Å². The lowest BCUT2D eigenvalue weighted by Gasteiger charge is -2.27. The van der Waals surface area contributed by atoms with E-state index in [2.05, 4.69) is 34.6 Å². The molecule has 172 valence electrons. The van der Waals surface area contributed by atoms with Gasteiger partial charge in [-0.25, -0.2) is 4.98 Å². The lowest BCUT2D eigenvalue weighted by atomic mass is 9.80. The molecule has 3 aromatic rings. The van der Waals surface area contributed by atoms with Gasteiger partial charge in [-0.05, 0) is 66.1 Å². The van der Waals surface area contributed by atoms with Gasteiger partial charge in [-0.1, -0.05) is 71.6 Å². The van der Waals surface area contributed by atoms with Crippen molar-refractivity contribution in [2.75, 3.05) is 18.9 Å². The van der Waals surface area contributed by atoms with Gasteiger partial charge in [0.05, 0.1) is 15.7 Å². The van der Waals surface area contributed by atoms with Crippen LogP contribution in [0.15, 0.2) is 54.6 Å². The largest absolute Gasteiger partial charge is 0.386 e. The number of halogens is 3. The molecule has 1 aromatic heterocycles. The van der Waals surface area contributed by atoms with Gasteiger partial charge in [-0.3, -0.25) is 4.79 Å². The third kappa shape index (κ3) is 5.81. The summed E-state index contributed by atoms with van der Waals surface area (Å²) in [5.74, 6) is 0.505. The predicted molar refractivity (Wildman–Crippen MR) is 137 cm³/mol. The van der Waals surface area contributed by atoms with Crippen molar-refractivity contribution in [3.05, 3.63) is 92.2 Å². The van der Waals surface area contributed by atoms with E-state index in [4.69, 9.17) is 34.8 Å². The number of benzene rings is 2. The van der Waals surface area contributed by atoms with E-state index in [0.717, 1.165) is 11.1 Å². The van der Waals surface area contributed by atoms with Crippen LogP contribution in [0.5, 0.6) is 0 Å². The Morgan fingerprint density at radius 2 is 1.73 bits per heavy atom. The van der Waals surface area contributed by atoms with Gasteiger partial charge in [0.25, 0.3) is 5.91 Å². The monoisotopic (exact) mass is 501 g/mol. The quantitative estimate of drug-likeness (QED) is 0.330. The highest BCUT2D eigenvalue weighted by molar-refractivity contribution is 6.42. The first-order chi connectivity index (χ1) is 15.9. The second-order valence-corrected chi connectivity index (χ2v) is 9.58. The molecule has 1 saturated carbocycles. The van der Waals surface area contributed by atoms with Gasteiger partial charge in [0.2, 0.25) is 0 Å². The minimum Gasteiger partial charge on any atom is -0.386 e. The van der Waals surface area contributed by atoms with Gasteiger partial charge in [0, 0.05) is 20.1 Å². The smallest absolute Gasteiger partial charge is 0.274 e. The maximum atomic E-state index is 13.6. The van der Waals surface area contributed by atoms with Crippen LogP contribution in [-0.2, 0) is 13.0 Å². The fourth-order valence-corrected chi connectivity index (χ4v) is 4.49. The molecule has 1 N–H and O–H groups in total. The summed E-state index contributed by atoms with van der Waals surface area (Å²) >= 11 is 18.4. The number of hydrogen-bond donors (Lipinski definition) is 1. The molecule has 0 saturated heterocycles. The Morgan fingerprint density at radius 1 is 1.00 bits per heavy atom. The summed E-state index contributed by atoms with van der Waals surface area (Å²) in [6.07, 6.45) is 4.48. The van der Waals surface area contributed by atoms with Crippen molar-refractivity contribution in [1.29, 1.82) is 0 Å². The van der Waals surface area contributed by atoms with Crippen molar-refractivity contribution in [1.82, 2.24) is 9.88 Å². The van der Waals surface area contributed by atoms with Crippen LogP contribution in [0.2, 0.25) is 15.2 Å². The van der Waals surface area contributed by atoms with E-state index in [9.17, 15) is 4.79 Å². The third-order valence-electron chi connectivity index (χ3n) is 6.20. The topological polar surface area (TPSA) is 45.2 Å². The highest BCUT2D eigenvalue weighted by Crippen LogP contribution is 2.36. The lowest BCUT2D eigenvalue weighted by molar-refractivity contribution is 0.0740. The number of nitrogens with zero attached hydrogens (tertiary/aromatic N) is 2. The van der Waals surface area contributed by atoms with E-state index in [1.807, 2.05) is 12.1 Å². The van der Waals surface area contributed by atoms with Crippen molar-refractivity contribution in [3.63, 3.8) is 0 Å². The minimum atomic E-state index is -0.176. The van der Waals surface area contributed by atoms with Gasteiger partial charge in [0.1, 0.15) is 5.15 Å². The van der Waals surface area contributed by atoms with Crippen LogP contribution in [-0.4, -0.2) is 29.4 Å². The molecule has 0 atom stereocenters. The maximum absolute atomic E-state index is 13.6. The molecule has 33 heavy (non-hydrogen) atoms. The number of hydrogen-bond acceptors (Lipinski definition) is 3. The zero-order chi connectivity index (χ0) is 23.4. The SMILES string of the molecule is CNc1ccc(Cl)nc1C(=O)N(CCc1ccc(Cl)c(Cl)c1)Cc1ccc(C2CCC2)cc1. The van der Waals surface area contributed by atoms with Crippen LogP contribution in [0.4, 0.5) is 5.69 Å². The number of carbonyl (C=O) groups is 1.